The summed E-state index contributed by atoms with van der Waals surface area (Å²) in [7, 11) is 0. The van der Waals surface area contributed by atoms with Crippen LogP contribution < -0.4 is 0 Å². The van der Waals surface area contributed by atoms with E-state index in [1.54, 1.807) is 11.8 Å². The van der Waals surface area contributed by atoms with Gasteiger partial charge in [0.25, 0.3) is 0 Å². The highest BCUT2D eigenvalue weighted by atomic mass is 32.2. The van der Waals surface area contributed by atoms with Crippen LogP contribution in [0.3, 0.4) is 0 Å². The molecular weight excluding hydrogens is 166 g/mol. The molecule has 0 bridgehead atoms. The summed E-state index contributed by atoms with van der Waals surface area (Å²) in [5.41, 5.74) is 2.46. The summed E-state index contributed by atoms with van der Waals surface area (Å²) in [6.45, 7) is 6.44. The standard InChI is InChI=1S/C10H15NS/c1-7(2)9-5-10(12-4)8(3)6-11-9/h5-7H,1-4H3. The van der Waals surface area contributed by atoms with Crippen LogP contribution in [0, 0.1) is 6.92 Å². The minimum Gasteiger partial charge on any atom is -0.261 e. The fraction of sp³-hybridized carbons (Fsp3) is 0.500. The van der Waals surface area contributed by atoms with Crippen molar-refractivity contribution in [1.82, 2.24) is 4.98 Å². The van der Waals surface area contributed by atoms with Crippen molar-refractivity contribution in [3.8, 4) is 0 Å². The van der Waals surface area contributed by atoms with Gasteiger partial charge in [0.2, 0.25) is 0 Å². The van der Waals surface area contributed by atoms with Gasteiger partial charge in [0.05, 0.1) is 0 Å². The fourth-order valence-corrected chi connectivity index (χ4v) is 1.67. The number of hydrogen-bond acceptors (Lipinski definition) is 2. The molecule has 0 aromatic carbocycles. The van der Waals surface area contributed by atoms with Crippen molar-refractivity contribution in [3.63, 3.8) is 0 Å². The molecule has 66 valence electrons. The topological polar surface area (TPSA) is 12.9 Å². The van der Waals surface area contributed by atoms with E-state index in [-0.39, 0.29) is 0 Å². The molecule has 0 spiro atoms. The Morgan fingerprint density at radius 1 is 1.42 bits per heavy atom. The van der Waals surface area contributed by atoms with Crippen LogP contribution in [-0.2, 0) is 0 Å². The molecule has 0 amide bonds. The summed E-state index contributed by atoms with van der Waals surface area (Å²) in [5, 5.41) is 0. The first-order chi connectivity index (χ1) is 5.65. The maximum Gasteiger partial charge on any atom is 0.0440 e. The van der Waals surface area contributed by atoms with Gasteiger partial charge in [0.1, 0.15) is 0 Å². The third-order valence-corrected chi connectivity index (χ3v) is 2.77. The van der Waals surface area contributed by atoms with Crippen LogP contribution in [0.4, 0.5) is 0 Å². The van der Waals surface area contributed by atoms with Crippen molar-refractivity contribution in [2.24, 2.45) is 0 Å². The zero-order valence-corrected chi connectivity index (χ0v) is 8.90. The highest BCUT2D eigenvalue weighted by Crippen LogP contribution is 2.22. The van der Waals surface area contributed by atoms with E-state index in [1.807, 2.05) is 6.20 Å². The quantitative estimate of drug-likeness (QED) is 0.650. The first-order valence-corrected chi connectivity index (χ1v) is 5.38. The Morgan fingerprint density at radius 2 is 2.08 bits per heavy atom. The second kappa shape index (κ2) is 3.94. The Morgan fingerprint density at radius 3 is 2.58 bits per heavy atom. The van der Waals surface area contributed by atoms with E-state index in [0.29, 0.717) is 5.92 Å². The minimum atomic E-state index is 0.525. The van der Waals surface area contributed by atoms with Crippen molar-refractivity contribution < 1.29 is 0 Å². The Labute approximate surface area is 78.6 Å². The molecule has 1 rings (SSSR count). The molecule has 1 nitrogen and oxygen atoms in total. The number of aromatic nitrogens is 1. The highest BCUT2D eigenvalue weighted by molar-refractivity contribution is 7.98. The van der Waals surface area contributed by atoms with Crippen LogP contribution in [0.25, 0.3) is 0 Å². The van der Waals surface area contributed by atoms with Gasteiger partial charge < -0.3 is 0 Å². The van der Waals surface area contributed by atoms with Crippen LogP contribution in [0.5, 0.6) is 0 Å². The minimum absolute atomic E-state index is 0.525. The first-order valence-electron chi connectivity index (χ1n) is 4.15. The number of rotatable bonds is 2. The average molecular weight is 181 g/mol. The number of nitrogens with zero attached hydrogens (tertiary/aromatic N) is 1. The lowest BCUT2D eigenvalue weighted by Crippen LogP contribution is -1.93. The predicted octanol–water partition coefficient (Wildman–Crippen LogP) is 3.24. The van der Waals surface area contributed by atoms with E-state index >= 15 is 0 Å². The first kappa shape index (κ1) is 9.59. The van der Waals surface area contributed by atoms with E-state index in [0.717, 1.165) is 0 Å². The molecule has 1 heterocycles. The zero-order valence-electron chi connectivity index (χ0n) is 8.09. The number of pyridine rings is 1. The van der Waals surface area contributed by atoms with E-state index in [1.165, 1.54) is 16.2 Å². The van der Waals surface area contributed by atoms with E-state index in [9.17, 15) is 0 Å². The van der Waals surface area contributed by atoms with Gasteiger partial charge in [-0.3, -0.25) is 4.98 Å². The molecule has 1 aromatic heterocycles. The summed E-state index contributed by atoms with van der Waals surface area (Å²) in [4.78, 5) is 5.71. The van der Waals surface area contributed by atoms with Crippen LogP contribution in [-0.4, -0.2) is 11.2 Å². The van der Waals surface area contributed by atoms with Crippen LogP contribution in [0.15, 0.2) is 17.2 Å². The monoisotopic (exact) mass is 181 g/mol. The van der Waals surface area contributed by atoms with Gasteiger partial charge in [-0.05, 0) is 30.7 Å². The summed E-state index contributed by atoms with van der Waals surface area (Å²) < 4.78 is 0. The van der Waals surface area contributed by atoms with Gasteiger partial charge >= 0.3 is 0 Å². The second-order valence-electron chi connectivity index (χ2n) is 3.23. The predicted molar refractivity (Wildman–Crippen MR) is 54.8 cm³/mol. The number of thioether (sulfide) groups is 1. The molecule has 0 aliphatic rings. The maximum atomic E-state index is 4.37. The maximum absolute atomic E-state index is 4.37. The van der Waals surface area contributed by atoms with Crippen molar-refractivity contribution >= 4 is 11.8 Å². The molecule has 0 aliphatic heterocycles. The largest absolute Gasteiger partial charge is 0.261 e. The summed E-state index contributed by atoms with van der Waals surface area (Å²) >= 11 is 1.79. The van der Waals surface area contributed by atoms with Crippen molar-refractivity contribution in [2.75, 3.05) is 6.26 Å². The van der Waals surface area contributed by atoms with Crippen molar-refractivity contribution in [1.29, 1.82) is 0 Å². The smallest absolute Gasteiger partial charge is 0.0440 e. The van der Waals surface area contributed by atoms with Gasteiger partial charge in [-0.2, -0.15) is 0 Å². The molecule has 12 heavy (non-hydrogen) atoms. The molecule has 0 atom stereocenters. The normalized spacial score (nSPS) is 10.8. The summed E-state index contributed by atoms with van der Waals surface area (Å²) in [6.07, 6.45) is 4.06. The van der Waals surface area contributed by atoms with Gasteiger partial charge in [-0.15, -0.1) is 11.8 Å². The third-order valence-electron chi connectivity index (χ3n) is 1.89. The third kappa shape index (κ3) is 2.01. The SMILES string of the molecule is CSc1cc(C(C)C)ncc1C. The molecule has 0 saturated carbocycles. The molecule has 0 unspecified atom stereocenters. The van der Waals surface area contributed by atoms with Gasteiger partial charge in [0, 0.05) is 16.8 Å². The van der Waals surface area contributed by atoms with Gasteiger partial charge in [0.15, 0.2) is 0 Å². The van der Waals surface area contributed by atoms with Crippen LogP contribution in [0.1, 0.15) is 31.0 Å². The lowest BCUT2D eigenvalue weighted by atomic mass is 10.1. The number of hydrogen-bond donors (Lipinski definition) is 0. The second-order valence-corrected chi connectivity index (χ2v) is 4.08. The average Bonchev–Trinajstić information content (AvgIpc) is 2.05. The van der Waals surface area contributed by atoms with Crippen LogP contribution >= 0.6 is 11.8 Å². The summed E-state index contributed by atoms with van der Waals surface area (Å²) in [5.74, 6) is 0.525. The van der Waals surface area contributed by atoms with Crippen LogP contribution in [0.2, 0.25) is 0 Å². The Bertz CT molecular complexity index is 269. The summed E-state index contributed by atoms with van der Waals surface area (Å²) in [6, 6.07) is 2.19. The Balaban J connectivity index is 3.05. The highest BCUT2D eigenvalue weighted by Gasteiger charge is 2.03. The Hall–Kier alpha value is -0.500. The molecule has 2 heteroatoms. The molecule has 0 fully saturated rings. The number of aryl methyl sites for hydroxylation is 1. The van der Waals surface area contributed by atoms with E-state index < -0.39 is 0 Å². The molecule has 0 radical (unpaired) electrons. The van der Waals surface area contributed by atoms with Crippen molar-refractivity contribution in [3.05, 3.63) is 23.5 Å². The molecular formula is C10H15NS. The van der Waals surface area contributed by atoms with Gasteiger partial charge in [-0.25, -0.2) is 0 Å². The fourth-order valence-electron chi connectivity index (χ4n) is 1.06. The van der Waals surface area contributed by atoms with Crippen molar-refractivity contribution in [2.45, 2.75) is 31.6 Å². The molecule has 0 N–H and O–H groups in total. The lowest BCUT2D eigenvalue weighted by Gasteiger charge is -2.07. The van der Waals surface area contributed by atoms with Gasteiger partial charge in [-0.1, -0.05) is 13.8 Å². The zero-order chi connectivity index (χ0) is 9.14. The molecule has 1 aromatic rings. The molecule has 0 aliphatic carbocycles. The Kier molecular flexibility index (Phi) is 3.15. The lowest BCUT2D eigenvalue weighted by molar-refractivity contribution is 0.814. The van der Waals surface area contributed by atoms with E-state index in [4.69, 9.17) is 0 Å². The molecule has 0 saturated heterocycles. The van der Waals surface area contributed by atoms with E-state index in [2.05, 4.69) is 38.1 Å².